The number of hydrogen-bond acceptors (Lipinski definition) is 2. The Morgan fingerprint density at radius 3 is 3.00 bits per heavy atom. The van der Waals surface area contributed by atoms with E-state index in [0.717, 1.165) is 16.5 Å². The van der Waals surface area contributed by atoms with Gasteiger partial charge in [0.25, 0.3) is 0 Å². The molecule has 0 aliphatic rings. The summed E-state index contributed by atoms with van der Waals surface area (Å²) in [5, 5.41) is 10.6. The zero-order valence-electron chi connectivity index (χ0n) is 9.99. The molecule has 80 valence electrons. The van der Waals surface area contributed by atoms with Gasteiger partial charge in [-0.1, -0.05) is 6.07 Å². The van der Waals surface area contributed by atoms with Crippen LogP contribution < -0.4 is 0 Å². The second-order valence-corrected chi connectivity index (χ2v) is 3.91. The lowest BCUT2D eigenvalue weighted by molar-refractivity contribution is 0.414. The van der Waals surface area contributed by atoms with Crippen LogP contribution in [0.3, 0.4) is 0 Å². The van der Waals surface area contributed by atoms with E-state index in [0.29, 0.717) is 6.54 Å². The highest BCUT2D eigenvalue weighted by molar-refractivity contribution is 5.88. The van der Waals surface area contributed by atoms with Crippen molar-refractivity contribution in [2.75, 3.05) is 20.6 Å². The molecule has 2 rings (SSSR count). The fourth-order valence-corrected chi connectivity index (χ4v) is 1.63. The number of aromatic nitrogens is 1. The molecule has 2 aromatic rings. The number of benzene rings is 1. The molecule has 0 aliphatic heterocycles. The molecule has 15 heavy (non-hydrogen) atoms. The molecule has 2 N–H and O–H groups in total. The third-order valence-corrected chi connectivity index (χ3v) is 2.39. The molecular weight excluding hydrogens is 188 g/mol. The monoisotopic (exact) mass is 205 g/mol. The number of hydrogen-bond donors (Lipinski definition) is 2. The highest BCUT2D eigenvalue weighted by Gasteiger charge is 2.07. The molecule has 0 spiro atoms. The predicted octanol–water partition coefficient (Wildman–Crippen LogP) is 1.98. The molecule has 0 amide bonds. The summed E-state index contributed by atoms with van der Waals surface area (Å²) in [4.78, 5) is 5.05. The van der Waals surface area contributed by atoms with E-state index in [9.17, 15) is 5.11 Å². The zero-order chi connectivity index (χ0) is 11.7. The molecule has 0 radical (unpaired) electrons. The number of H-pyrrole nitrogens is 1. The lowest BCUT2D eigenvalue weighted by Crippen LogP contribution is -2.14. The highest BCUT2D eigenvalue weighted by atomic mass is 16.3. The van der Waals surface area contributed by atoms with Crippen LogP contribution in [0.1, 0.15) is 6.93 Å². The third kappa shape index (κ3) is 1.97. The molecule has 1 atom stereocenters. The van der Waals surface area contributed by atoms with Crippen LogP contribution in [0, 0.1) is 0 Å². The topological polar surface area (TPSA) is 39.3 Å². The second-order valence-electron chi connectivity index (χ2n) is 3.91. The van der Waals surface area contributed by atoms with Gasteiger partial charge in [-0.25, -0.2) is 0 Å². The average Bonchev–Trinajstić information content (AvgIpc) is 2.61. The molecule has 3 heteroatoms. The largest absolute Gasteiger partial charge is 0.507 e. The lowest BCUT2D eigenvalue weighted by atomic mass is 10.1. The first-order valence-corrected chi connectivity index (χ1v) is 4.95. The molecule has 0 fully saturated rings. The summed E-state index contributed by atoms with van der Waals surface area (Å²) in [6, 6.07) is 5.35. The number of likely N-dealkylation sites (N-methyl/N-ethyl adjacent to an activating group) is 1. The van der Waals surface area contributed by atoms with E-state index < -0.39 is 0 Å². The van der Waals surface area contributed by atoms with E-state index in [-0.39, 0.29) is 12.1 Å². The number of nitrogens with zero attached hydrogens (tertiary/aromatic N) is 1. The van der Waals surface area contributed by atoms with Crippen molar-refractivity contribution in [3.63, 3.8) is 0 Å². The summed E-state index contributed by atoms with van der Waals surface area (Å²) in [5.41, 5.74) is 1.73. The second kappa shape index (κ2) is 3.95. The number of aromatic amines is 1. The minimum absolute atomic E-state index is 0.241. The van der Waals surface area contributed by atoms with Gasteiger partial charge in [0, 0.05) is 25.0 Å². The number of rotatable bonds is 3. The van der Waals surface area contributed by atoms with Gasteiger partial charge in [0.15, 0.2) is 0 Å². The van der Waals surface area contributed by atoms with Crippen LogP contribution in [0.5, 0.6) is 5.75 Å². The Labute approximate surface area is 90.7 Å². The van der Waals surface area contributed by atoms with Crippen molar-refractivity contribution in [2.45, 2.75) is 6.40 Å². The number of phenolic OH excluding ortho intramolecular Hbond substituents is 1. The van der Waals surface area contributed by atoms with Gasteiger partial charge in [-0.15, -0.1) is 0 Å². The van der Waals surface area contributed by atoms with E-state index >= 15 is 0 Å². The van der Waals surface area contributed by atoms with E-state index in [1.165, 1.54) is 0 Å². The van der Waals surface area contributed by atoms with Gasteiger partial charge in [-0.3, -0.25) is 0 Å². The molecule has 1 aromatic heterocycles. The van der Waals surface area contributed by atoms with Crippen molar-refractivity contribution in [3.8, 4) is 5.75 Å². The summed E-state index contributed by atoms with van der Waals surface area (Å²) in [5.74, 6) is 0.241. The van der Waals surface area contributed by atoms with Crippen LogP contribution in [0.25, 0.3) is 10.9 Å². The van der Waals surface area contributed by atoms with Gasteiger partial charge in [0.05, 0.1) is 0 Å². The minimum Gasteiger partial charge on any atom is -0.507 e. The van der Waals surface area contributed by atoms with Crippen LogP contribution in [-0.2, 0) is 6.40 Å². The highest BCUT2D eigenvalue weighted by Crippen LogP contribution is 2.27. The molecule has 1 unspecified atom stereocenters. The van der Waals surface area contributed by atoms with Crippen molar-refractivity contribution >= 4 is 10.9 Å². The summed E-state index contributed by atoms with van der Waals surface area (Å²) in [6.07, 6.45) is 1.46. The lowest BCUT2D eigenvalue weighted by Gasteiger charge is -2.08. The van der Waals surface area contributed by atoms with E-state index in [1.54, 1.807) is 12.1 Å². The molecule has 0 bridgehead atoms. The maximum absolute atomic E-state index is 9.81. The van der Waals surface area contributed by atoms with E-state index in [4.69, 9.17) is 1.37 Å². The number of aromatic hydroxyl groups is 1. The predicted molar refractivity (Wildman–Crippen MR) is 62.2 cm³/mol. The third-order valence-electron chi connectivity index (χ3n) is 2.39. The van der Waals surface area contributed by atoms with Crippen molar-refractivity contribution < 1.29 is 6.48 Å². The average molecular weight is 205 g/mol. The Bertz CT molecular complexity index is 493. The van der Waals surface area contributed by atoms with Gasteiger partial charge in [0.1, 0.15) is 5.75 Å². The first kappa shape index (κ1) is 8.80. The Balaban J connectivity index is 2.45. The fraction of sp³-hybridized carbons (Fsp3) is 0.333. The first-order valence-electron chi connectivity index (χ1n) is 5.53. The standard InChI is InChI=1S/C12H16N2O/c1-14(2)7-6-9-8-13-10-4-3-5-11(15)12(9)10/h3-5,8,13,15H,6-7H2,1-2H3/i6D. The fourth-order valence-electron chi connectivity index (χ4n) is 1.63. The number of fused-ring (bicyclic) bond motifs is 1. The molecule has 1 aromatic carbocycles. The van der Waals surface area contributed by atoms with Crippen molar-refractivity contribution in [3.05, 3.63) is 30.0 Å². The van der Waals surface area contributed by atoms with Crippen LogP contribution in [0.15, 0.2) is 24.4 Å². The molecule has 0 saturated heterocycles. The van der Waals surface area contributed by atoms with E-state index in [1.807, 2.05) is 31.3 Å². The van der Waals surface area contributed by atoms with Crippen molar-refractivity contribution in [2.24, 2.45) is 0 Å². The molecule has 1 heterocycles. The zero-order valence-corrected chi connectivity index (χ0v) is 8.99. The van der Waals surface area contributed by atoms with Crippen LogP contribution in [-0.4, -0.2) is 35.6 Å². The molecule has 3 nitrogen and oxygen atoms in total. The number of nitrogens with one attached hydrogen (secondary N) is 1. The molecule has 0 saturated carbocycles. The van der Waals surface area contributed by atoms with Gasteiger partial charge in [-0.2, -0.15) is 0 Å². The summed E-state index contributed by atoms with van der Waals surface area (Å²) < 4.78 is 8.07. The number of phenols is 1. The van der Waals surface area contributed by atoms with Crippen LogP contribution >= 0.6 is 0 Å². The van der Waals surface area contributed by atoms with Gasteiger partial charge >= 0.3 is 0 Å². The Morgan fingerprint density at radius 2 is 2.27 bits per heavy atom. The molecule has 0 aliphatic carbocycles. The SMILES string of the molecule is [2H]C(CN(C)C)c1c[nH]c2cccc(O)c12. The normalized spacial score (nSPS) is 14.5. The maximum Gasteiger partial charge on any atom is 0.125 e. The first-order chi connectivity index (χ1) is 7.59. The quantitative estimate of drug-likeness (QED) is 0.804. The van der Waals surface area contributed by atoms with Crippen molar-refractivity contribution in [1.82, 2.24) is 9.88 Å². The Kier molecular flexibility index (Phi) is 2.31. The molecular formula is C12H16N2O. The van der Waals surface area contributed by atoms with Gasteiger partial charge in [0.2, 0.25) is 0 Å². The van der Waals surface area contributed by atoms with E-state index in [2.05, 4.69) is 4.98 Å². The minimum atomic E-state index is -0.350. The Morgan fingerprint density at radius 1 is 1.47 bits per heavy atom. The smallest absolute Gasteiger partial charge is 0.125 e. The van der Waals surface area contributed by atoms with Crippen LogP contribution in [0.2, 0.25) is 0 Å². The Hall–Kier alpha value is -1.48. The maximum atomic E-state index is 9.81. The van der Waals surface area contributed by atoms with Gasteiger partial charge in [-0.05, 0) is 38.2 Å². The summed E-state index contributed by atoms with van der Waals surface area (Å²) in [6.45, 7) is 0.640. The summed E-state index contributed by atoms with van der Waals surface area (Å²) >= 11 is 0. The van der Waals surface area contributed by atoms with Gasteiger partial charge < -0.3 is 15.0 Å². The van der Waals surface area contributed by atoms with Crippen LogP contribution in [0.4, 0.5) is 0 Å². The summed E-state index contributed by atoms with van der Waals surface area (Å²) in [7, 11) is 3.88. The van der Waals surface area contributed by atoms with Crippen molar-refractivity contribution in [1.29, 1.82) is 0 Å².